The lowest BCUT2D eigenvalue weighted by Crippen LogP contribution is -2.21. The van der Waals surface area contributed by atoms with Crippen LogP contribution in [-0.2, 0) is 12.2 Å². The molecule has 0 saturated carbocycles. The van der Waals surface area contributed by atoms with Gasteiger partial charge in [0.05, 0.1) is 18.1 Å². The second-order valence-electron chi connectivity index (χ2n) is 7.12. The number of benzene rings is 1. The fourth-order valence-corrected chi connectivity index (χ4v) is 4.60. The van der Waals surface area contributed by atoms with E-state index in [9.17, 15) is 5.26 Å². The van der Waals surface area contributed by atoms with E-state index in [4.69, 9.17) is 15.2 Å². The van der Waals surface area contributed by atoms with Gasteiger partial charge in [0.2, 0.25) is 11.8 Å². The molecule has 0 unspecified atom stereocenters. The first-order valence-corrected chi connectivity index (χ1v) is 11.0. The zero-order valence-corrected chi connectivity index (χ0v) is 18.2. The molecule has 1 aromatic carbocycles. The molecule has 0 bridgehead atoms. The number of ether oxygens (including phenoxy) is 2. The van der Waals surface area contributed by atoms with Crippen molar-refractivity contribution in [3.63, 3.8) is 0 Å². The summed E-state index contributed by atoms with van der Waals surface area (Å²) in [5, 5.41) is 18.2. The number of aromatic nitrogens is 3. The number of hydrogen-bond acceptors (Lipinski definition) is 7. The molecule has 0 aliphatic carbocycles. The number of thioether (sulfide) groups is 1. The lowest BCUT2D eigenvalue weighted by atomic mass is 9.83. The molecule has 0 amide bonds. The average molecular weight is 434 g/mol. The van der Waals surface area contributed by atoms with Crippen LogP contribution < -0.4 is 15.2 Å². The van der Waals surface area contributed by atoms with Crippen LogP contribution >= 0.6 is 11.8 Å². The molecule has 1 aliphatic rings. The summed E-state index contributed by atoms with van der Waals surface area (Å²) in [6.07, 6.45) is 3.52. The molecule has 3 aromatic rings. The Bertz CT molecular complexity index is 1150. The number of nitrogens with one attached hydrogen (secondary N) is 1. The predicted molar refractivity (Wildman–Crippen MR) is 119 cm³/mol. The molecule has 3 N–H and O–H groups in total. The summed E-state index contributed by atoms with van der Waals surface area (Å²) in [5.74, 6) is 1.65. The van der Waals surface area contributed by atoms with E-state index in [0.29, 0.717) is 17.2 Å². The molecule has 4 rings (SSSR count). The highest BCUT2D eigenvalue weighted by Crippen LogP contribution is 2.44. The van der Waals surface area contributed by atoms with Crippen molar-refractivity contribution >= 4 is 11.8 Å². The molecule has 7 nitrogen and oxygen atoms in total. The highest BCUT2D eigenvalue weighted by molar-refractivity contribution is 7.98. The number of pyridine rings is 1. The van der Waals surface area contributed by atoms with Crippen molar-refractivity contribution in [2.45, 2.75) is 36.5 Å². The maximum Gasteiger partial charge on any atom is 0.244 e. The number of aromatic amines is 1. The molecule has 31 heavy (non-hydrogen) atoms. The van der Waals surface area contributed by atoms with Crippen molar-refractivity contribution in [2.24, 2.45) is 5.73 Å². The molecule has 2 aromatic heterocycles. The minimum absolute atomic E-state index is 0.0924. The molecular formula is C23H23N5O2S. The molecule has 8 heteroatoms. The number of methoxy groups -OCH3 is 1. The average Bonchev–Trinajstić information content (AvgIpc) is 3.19. The molecule has 0 saturated heterocycles. The third kappa shape index (κ3) is 4.09. The monoisotopic (exact) mass is 433 g/mol. The summed E-state index contributed by atoms with van der Waals surface area (Å²) in [6.45, 7) is 2.10. The summed E-state index contributed by atoms with van der Waals surface area (Å²) >= 11 is 1.63. The SMILES string of the molecule is CCCc1[nH]nc2c1[C@@H](c1ccc(OC)c(CSc3ccccn3)c1)C(C#N)=C(N)O2. The first-order valence-electron chi connectivity index (χ1n) is 10.0. The molecular weight excluding hydrogens is 410 g/mol. The van der Waals surface area contributed by atoms with E-state index < -0.39 is 0 Å². The van der Waals surface area contributed by atoms with Crippen LogP contribution in [0.25, 0.3) is 0 Å². The Hall–Kier alpha value is -3.44. The number of rotatable bonds is 7. The largest absolute Gasteiger partial charge is 0.496 e. The fraction of sp³-hybridized carbons (Fsp3) is 0.261. The van der Waals surface area contributed by atoms with E-state index in [1.807, 2.05) is 30.3 Å². The van der Waals surface area contributed by atoms with Gasteiger partial charge in [-0.25, -0.2) is 4.98 Å². The van der Waals surface area contributed by atoms with E-state index in [-0.39, 0.29) is 11.8 Å². The van der Waals surface area contributed by atoms with E-state index in [2.05, 4.69) is 34.2 Å². The van der Waals surface area contributed by atoms with Crippen LogP contribution in [0.5, 0.6) is 11.6 Å². The second-order valence-corrected chi connectivity index (χ2v) is 8.12. The Morgan fingerprint density at radius 2 is 2.19 bits per heavy atom. The van der Waals surface area contributed by atoms with Crippen LogP contribution in [0, 0.1) is 11.3 Å². The van der Waals surface area contributed by atoms with Gasteiger partial charge >= 0.3 is 0 Å². The first kappa shape index (κ1) is 20.8. The standard InChI is InChI=1S/C23H23N5O2S/c1-3-6-17-21-20(16(12-24)22(25)30-23(21)28-27-17)14-8-9-18(29-2)15(11-14)13-31-19-7-4-5-10-26-19/h4-5,7-11,20H,3,6,13,25H2,1-2H3,(H,27,28)/t20-/m0/s1. The number of aryl methyl sites for hydroxylation is 1. The summed E-state index contributed by atoms with van der Waals surface area (Å²) in [4.78, 5) is 4.38. The summed E-state index contributed by atoms with van der Waals surface area (Å²) in [6, 6.07) is 14.1. The Morgan fingerprint density at radius 3 is 2.90 bits per heavy atom. The van der Waals surface area contributed by atoms with Crippen molar-refractivity contribution in [2.75, 3.05) is 7.11 Å². The normalized spacial score (nSPS) is 15.2. The van der Waals surface area contributed by atoms with Crippen molar-refractivity contribution in [3.05, 3.63) is 76.4 Å². The number of nitriles is 1. The Balaban J connectivity index is 1.76. The van der Waals surface area contributed by atoms with Gasteiger partial charge < -0.3 is 15.2 Å². The lowest BCUT2D eigenvalue weighted by molar-refractivity contribution is 0.378. The van der Waals surface area contributed by atoms with E-state index >= 15 is 0 Å². The molecule has 158 valence electrons. The molecule has 0 fully saturated rings. The van der Waals surface area contributed by atoms with Gasteiger partial charge in [0.1, 0.15) is 17.4 Å². The van der Waals surface area contributed by atoms with Gasteiger partial charge in [0.25, 0.3) is 0 Å². The lowest BCUT2D eigenvalue weighted by Gasteiger charge is -2.25. The van der Waals surface area contributed by atoms with Gasteiger partial charge in [-0.1, -0.05) is 31.5 Å². The summed E-state index contributed by atoms with van der Waals surface area (Å²) in [7, 11) is 1.66. The molecule has 0 radical (unpaired) electrons. The van der Waals surface area contributed by atoms with E-state index in [1.54, 1.807) is 25.1 Å². The molecule has 3 heterocycles. The van der Waals surface area contributed by atoms with Crippen LogP contribution in [0.15, 0.2) is 59.1 Å². The Morgan fingerprint density at radius 1 is 1.32 bits per heavy atom. The number of allylic oxidation sites excluding steroid dienone is 1. The van der Waals surface area contributed by atoms with Crippen LogP contribution in [0.2, 0.25) is 0 Å². The highest BCUT2D eigenvalue weighted by Gasteiger charge is 2.35. The zero-order valence-electron chi connectivity index (χ0n) is 17.4. The van der Waals surface area contributed by atoms with E-state index in [0.717, 1.165) is 46.0 Å². The van der Waals surface area contributed by atoms with Crippen molar-refractivity contribution in [3.8, 4) is 17.7 Å². The third-order valence-corrected chi connectivity index (χ3v) is 6.16. The maximum absolute atomic E-state index is 9.86. The van der Waals surface area contributed by atoms with Gasteiger partial charge in [0, 0.05) is 28.8 Å². The smallest absolute Gasteiger partial charge is 0.244 e. The van der Waals surface area contributed by atoms with Crippen LogP contribution in [0.4, 0.5) is 0 Å². The van der Waals surface area contributed by atoms with Crippen LogP contribution in [0.1, 0.15) is 41.6 Å². The van der Waals surface area contributed by atoms with Crippen molar-refractivity contribution in [1.29, 1.82) is 5.26 Å². The number of nitrogens with zero attached hydrogens (tertiary/aromatic N) is 3. The summed E-state index contributed by atoms with van der Waals surface area (Å²) in [5.41, 5.74) is 10.3. The van der Waals surface area contributed by atoms with Crippen molar-refractivity contribution in [1.82, 2.24) is 15.2 Å². The Kier molecular flexibility index (Phi) is 6.14. The number of hydrogen-bond donors (Lipinski definition) is 2. The van der Waals surface area contributed by atoms with Crippen molar-refractivity contribution < 1.29 is 9.47 Å². The van der Waals surface area contributed by atoms with Gasteiger partial charge in [0.15, 0.2) is 0 Å². The molecule has 1 atom stereocenters. The van der Waals surface area contributed by atoms with Crippen LogP contribution in [-0.4, -0.2) is 22.3 Å². The van der Waals surface area contributed by atoms with E-state index in [1.165, 1.54) is 0 Å². The first-order chi connectivity index (χ1) is 15.2. The maximum atomic E-state index is 9.86. The fourth-order valence-electron chi connectivity index (χ4n) is 3.76. The highest BCUT2D eigenvalue weighted by atomic mass is 32.2. The number of nitrogens with two attached hydrogens (primary N) is 1. The zero-order chi connectivity index (χ0) is 21.8. The van der Waals surface area contributed by atoms with Gasteiger partial charge in [-0.15, -0.1) is 16.9 Å². The second kappa shape index (κ2) is 9.14. The minimum atomic E-state index is -0.349. The minimum Gasteiger partial charge on any atom is -0.496 e. The van der Waals surface area contributed by atoms with Gasteiger partial charge in [-0.05, 0) is 30.2 Å². The molecule has 1 aliphatic heterocycles. The Labute approximate surface area is 185 Å². The number of fused-ring (bicyclic) bond motifs is 1. The molecule has 0 spiro atoms. The third-order valence-electron chi connectivity index (χ3n) is 5.17. The predicted octanol–water partition coefficient (Wildman–Crippen LogP) is 4.28. The number of H-pyrrole nitrogens is 1. The topological polar surface area (TPSA) is 110 Å². The van der Waals surface area contributed by atoms with Gasteiger partial charge in [-0.2, -0.15) is 5.26 Å². The summed E-state index contributed by atoms with van der Waals surface area (Å²) < 4.78 is 11.2. The van der Waals surface area contributed by atoms with Gasteiger partial charge in [-0.3, -0.25) is 5.10 Å². The quantitative estimate of drug-likeness (QED) is 0.535. The van der Waals surface area contributed by atoms with Crippen LogP contribution in [0.3, 0.4) is 0 Å².